The van der Waals surface area contributed by atoms with Gasteiger partial charge < -0.3 is 43.8 Å². The molecule has 3 N–H and O–H groups in total. The molecule has 3 aromatic heterocycles. The number of nitro benzene ring substituents is 1. The molecule has 8 aliphatic rings. The lowest BCUT2D eigenvalue weighted by Crippen LogP contribution is -2.60. The van der Waals surface area contributed by atoms with Crippen LogP contribution in [0.5, 0.6) is 17.4 Å². The Labute approximate surface area is 527 Å². The minimum Gasteiger partial charge on any atom is -0.491 e. The number of alkyl halides is 3. The number of hydrogen-bond donors (Lipinski definition) is 3. The molecular formula is C67H79F3N10O10S. The Bertz CT molecular complexity index is 3940. The molecule has 91 heavy (non-hydrogen) atoms. The van der Waals surface area contributed by atoms with Crippen LogP contribution in [0.25, 0.3) is 11.0 Å². The highest BCUT2D eigenvalue weighted by molar-refractivity contribution is 7.90. The summed E-state index contributed by atoms with van der Waals surface area (Å²) >= 11 is 0. The summed E-state index contributed by atoms with van der Waals surface area (Å²) in [5, 5.41) is 16.7. The molecule has 4 saturated heterocycles. The highest BCUT2D eigenvalue weighted by Gasteiger charge is 2.54. The average molecular weight is 1270 g/mol. The number of aromatic amines is 1. The van der Waals surface area contributed by atoms with E-state index in [2.05, 4.69) is 91.6 Å². The SMILES string of the molecule is Cc1ccccc1[C@@H]1CN([C@@H](C)c2cnc(C(C)(C)C(F)(F)F)c3c2C(C)(C)CCO3)CCN1C1CC2(CCN(c3ccc(C(=O)NS(=O)(=O)c4cc5c(c([N+](=O)[O-])c4)N[C@H](C4CCOCC4)CO5)c(N4c5cc6cc[nH]c6nc5O[C@H]5COCC[C@@H]54)c3)CC2)C1. The molecule has 20 nitrogen and oxygen atoms in total. The molecule has 1 aliphatic carbocycles. The van der Waals surface area contributed by atoms with Gasteiger partial charge in [-0.3, -0.25) is 29.7 Å². The summed E-state index contributed by atoms with van der Waals surface area (Å²) in [4.78, 5) is 48.7. The van der Waals surface area contributed by atoms with Crippen LogP contribution in [-0.4, -0.2) is 147 Å². The molecule has 6 aromatic rings. The molecule has 1 saturated carbocycles. The van der Waals surface area contributed by atoms with Crippen LogP contribution in [0.3, 0.4) is 0 Å². The molecule has 0 unspecified atom stereocenters. The van der Waals surface area contributed by atoms with Gasteiger partial charge in [0.05, 0.1) is 52.1 Å². The molecular weight excluding hydrogens is 1190 g/mol. The van der Waals surface area contributed by atoms with Crippen LogP contribution in [0, 0.1) is 28.4 Å². The van der Waals surface area contributed by atoms with Crippen molar-refractivity contribution in [1.82, 2.24) is 29.5 Å². The third-order valence-corrected chi connectivity index (χ3v) is 22.8. The number of fused-ring (bicyclic) bond motifs is 5. The molecule has 24 heteroatoms. The average Bonchev–Trinajstić information content (AvgIpc) is 0.977. The molecule has 14 rings (SSSR count). The molecule has 5 atom stereocenters. The van der Waals surface area contributed by atoms with Gasteiger partial charge in [0.2, 0.25) is 5.88 Å². The highest BCUT2D eigenvalue weighted by Crippen LogP contribution is 2.56. The normalized spacial score (nSPS) is 24.1. The Balaban J connectivity index is 0.726. The zero-order valence-corrected chi connectivity index (χ0v) is 53.1. The van der Waals surface area contributed by atoms with E-state index in [4.69, 9.17) is 28.7 Å². The molecule has 7 aliphatic heterocycles. The van der Waals surface area contributed by atoms with Gasteiger partial charge in [0.1, 0.15) is 35.2 Å². The number of sulfonamides is 1. The van der Waals surface area contributed by atoms with Crippen LogP contribution >= 0.6 is 0 Å². The number of piperazine rings is 1. The number of nitrogens with one attached hydrogen (secondary N) is 3. The fraction of sp³-hybridized carbons (Fsp3) is 0.537. The van der Waals surface area contributed by atoms with E-state index in [0.717, 1.165) is 99.5 Å². The van der Waals surface area contributed by atoms with Gasteiger partial charge >= 0.3 is 6.18 Å². The molecule has 484 valence electrons. The number of aromatic nitrogens is 3. The number of ether oxygens (including phenoxy) is 5. The van der Waals surface area contributed by atoms with Gasteiger partial charge in [0.15, 0.2) is 11.4 Å². The second-order valence-electron chi connectivity index (χ2n) is 27.6. The third kappa shape index (κ3) is 11.0. The van der Waals surface area contributed by atoms with E-state index >= 15 is 0 Å². The van der Waals surface area contributed by atoms with Crippen molar-refractivity contribution in [2.45, 2.75) is 151 Å². The van der Waals surface area contributed by atoms with E-state index in [0.29, 0.717) is 68.2 Å². The Morgan fingerprint density at radius 3 is 2.43 bits per heavy atom. The predicted octanol–water partition coefficient (Wildman–Crippen LogP) is 11.3. The standard InChI is InChI=1S/C67H79F3N10O10S/c1-39-9-7-8-10-46(39)54-36-77(40(2)48-35-72-60(65(5,6)67(68,69)70)59-57(48)64(3,4)19-28-88-59)23-24-78(54)44-33-66(34-44)17-21-76(22-18-66)43-11-12-47(51(30-43)79-50-16-27-87-38-56(50)90-63-53(79)29-42-13-20-71-61(42)74-63)62(81)75-91(84,85)45-31-52(80(82)83)58-55(32-45)89-37-49(73-58)41-14-25-86-26-15-41/h7-13,20,29-32,35,40-41,44,49-50,54,56,73H,14-19,21-28,33-34,36-38H2,1-6H3,(H,71,74)(H,75,81)/t40-,49-,50-,54-,56-/m0/s1. The van der Waals surface area contributed by atoms with Crippen LogP contribution in [0.15, 0.2) is 84.0 Å². The van der Waals surface area contributed by atoms with Gasteiger partial charge in [0, 0.05) is 112 Å². The van der Waals surface area contributed by atoms with Crippen LogP contribution in [0.1, 0.15) is 136 Å². The second-order valence-corrected chi connectivity index (χ2v) is 29.3. The third-order valence-electron chi connectivity index (χ3n) is 21.5. The smallest absolute Gasteiger partial charge is 0.399 e. The number of aryl methyl sites for hydroxylation is 1. The van der Waals surface area contributed by atoms with E-state index < -0.39 is 54.5 Å². The number of nitro groups is 1. The minimum absolute atomic E-state index is 0.00444. The van der Waals surface area contributed by atoms with Crippen molar-refractivity contribution in [3.8, 4) is 17.4 Å². The van der Waals surface area contributed by atoms with Crippen LogP contribution in [0.2, 0.25) is 0 Å². The molecule has 10 heterocycles. The van der Waals surface area contributed by atoms with Crippen LogP contribution < -0.4 is 34.0 Å². The van der Waals surface area contributed by atoms with Gasteiger partial charge in [-0.05, 0) is 143 Å². The Kier molecular flexibility index (Phi) is 15.5. The number of hydrogen-bond acceptors (Lipinski definition) is 17. The molecule has 3 aromatic carbocycles. The van der Waals surface area contributed by atoms with Gasteiger partial charge in [-0.15, -0.1) is 0 Å². The Hall–Kier alpha value is -7.25. The number of benzene rings is 3. The van der Waals surface area contributed by atoms with Crippen molar-refractivity contribution in [2.24, 2.45) is 11.3 Å². The monoisotopic (exact) mass is 1270 g/mol. The van der Waals surface area contributed by atoms with Crippen LogP contribution in [0.4, 0.5) is 41.6 Å². The number of carbonyl (C=O) groups is 1. The summed E-state index contributed by atoms with van der Waals surface area (Å²) < 4.78 is 106. The number of nitrogens with zero attached hydrogens (tertiary/aromatic N) is 7. The zero-order chi connectivity index (χ0) is 63.5. The summed E-state index contributed by atoms with van der Waals surface area (Å²) in [6.07, 6.45) is 5.10. The Morgan fingerprint density at radius 1 is 0.901 bits per heavy atom. The first-order valence-corrected chi connectivity index (χ1v) is 33.5. The lowest BCUT2D eigenvalue weighted by Gasteiger charge is -2.58. The maximum atomic E-state index is 15.0. The summed E-state index contributed by atoms with van der Waals surface area (Å²) in [5.74, 6) is -0.176. The van der Waals surface area contributed by atoms with Gasteiger partial charge in [-0.25, -0.2) is 13.1 Å². The Morgan fingerprint density at radius 2 is 1.67 bits per heavy atom. The van der Waals surface area contributed by atoms with E-state index in [1.165, 1.54) is 31.0 Å². The number of carbonyl (C=O) groups excluding carboxylic acids is 1. The van der Waals surface area contributed by atoms with E-state index in [9.17, 15) is 36.5 Å². The van der Waals surface area contributed by atoms with Crippen molar-refractivity contribution < 1.29 is 55.0 Å². The molecule has 0 bridgehead atoms. The van der Waals surface area contributed by atoms with Crippen LogP contribution in [-0.2, 0) is 30.3 Å². The maximum absolute atomic E-state index is 15.0. The minimum atomic E-state index is -4.75. The largest absolute Gasteiger partial charge is 0.491 e. The van der Waals surface area contributed by atoms with E-state index in [1.807, 2.05) is 24.3 Å². The van der Waals surface area contributed by atoms with Gasteiger partial charge in [-0.1, -0.05) is 38.1 Å². The summed E-state index contributed by atoms with van der Waals surface area (Å²) in [7, 11) is -4.75. The highest BCUT2D eigenvalue weighted by atomic mass is 32.2. The summed E-state index contributed by atoms with van der Waals surface area (Å²) in [6, 6.07) is 19.8. The molecule has 5 fully saturated rings. The first kappa shape index (κ1) is 61.3. The summed E-state index contributed by atoms with van der Waals surface area (Å²) in [6.45, 7) is 17.0. The molecule has 1 spiro atoms. The number of amides is 1. The number of piperidine rings is 1. The fourth-order valence-electron chi connectivity index (χ4n) is 15.8. The van der Waals surface area contributed by atoms with E-state index in [1.54, 1.807) is 18.5 Å². The fourth-order valence-corrected chi connectivity index (χ4v) is 16.8. The number of halogens is 3. The lowest BCUT2D eigenvalue weighted by atomic mass is 9.59. The quantitative estimate of drug-likeness (QED) is 0.0766. The zero-order valence-electron chi connectivity index (χ0n) is 52.2. The van der Waals surface area contributed by atoms with Gasteiger partial charge in [0.25, 0.3) is 21.6 Å². The topological polar surface area (TPSA) is 219 Å². The van der Waals surface area contributed by atoms with Crippen molar-refractivity contribution in [2.75, 3.05) is 87.5 Å². The lowest BCUT2D eigenvalue weighted by molar-refractivity contribution is -0.384. The number of anilines is 4. The molecule has 1 amide bonds. The van der Waals surface area contributed by atoms with Crippen molar-refractivity contribution in [1.29, 1.82) is 0 Å². The second kappa shape index (κ2) is 23.1. The summed E-state index contributed by atoms with van der Waals surface area (Å²) in [5.41, 5.74) is 3.80. The number of rotatable bonds is 12. The van der Waals surface area contributed by atoms with Crippen molar-refractivity contribution in [3.63, 3.8) is 0 Å². The number of pyridine rings is 2. The van der Waals surface area contributed by atoms with Gasteiger partial charge in [-0.2, -0.15) is 18.2 Å². The van der Waals surface area contributed by atoms with E-state index in [-0.39, 0.29) is 77.2 Å². The first-order chi connectivity index (χ1) is 43.5. The number of H-pyrrole nitrogens is 1. The molecule has 0 radical (unpaired) electrons. The van der Waals surface area contributed by atoms with Crippen molar-refractivity contribution >= 4 is 55.4 Å². The predicted molar refractivity (Wildman–Crippen MR) is 336 cm³/mol. The first-order valence-electron chi connectivity index (χ1n) is 32.0. The van der Waals surface area contributed by atoms with Crippen molar-refractivity contribution in [3.05, 3.63) is 123 Å². The maximum Gasteiger partial charge on any atom is 0.399 e.